The molecule has 1 aliphatic rings. The summed E-state index contributed by atoms with van der Waals surface area (Å²) in [4.78, 5) is 2.61. The van der Waals surface area contributed by atoms with Crippen LogP contribution >= 0.6 is 0 Å². The third-order valence-corrected chi connectivity index (χ3v) is 3.93. The SMILES string of the molecule is CCC1CCCN1CCC(N)c1ccccc1. The van der Waals surface area contributed by atoms with E-state index in [1.165, 1.54) is 31.4 Å². The van der Waals surface area contributed by atoms with Crippen LogP contribution in [0.1, 0.15) is 44.2 Å². The van der Waals surface area contributed by atoms with Crippen molar-refractivity contribution < 1.29 is 0 Å². The van der Waals surface area contributed by atoms with E-state index in [9.17, 15) is 0 Å². The Morgan fingerprint density at radius 3 is 2.82 bits per heavy atom. The van der Waals surface area contributed by atoms with Crippen molar-refractivity contribution in [2.75, 3.05) is 13.1 Å². The molecule has 1 aromatic carbocycles. The van der Waals surface area contributed by atoms with Crippen LogP contribution in [0.15, 0.2) is 30.3 Å². The monoisotopic (exact) mass is 232 g/mol. The van der Waals surface area contributed by atoms with Gasteiger partial charge in [-0.25, -0.2) is 0 Å². The fraction of sp³-hybridized carbons (Fsp3) is 0.600. The molecule has 2 rings (SSSR count). The Bertz CT molecular complexity index is 323. The van der Waals surface area contributed by atoms with Crippen molar-refractivity contribution in [3.63, 3.8) is 0 Å². The lowest BCUT2D eigenvalue weighted by Gasteiger charge is -2.24. The zero-order valence-corrected chi connectivity index (χ0v) is 10.8. The zero-order valence-electron chi connectivity index (χ0n) is 10.8. The average Bonchev–Trinajstić information content (AvgIpc) is 2.84. The highest BCUT2D eigenvalue weighted by Gasteiger charge is 2.22. The first-order valence-electron chi connectivity index (χ1n) is 6.86. The van der Waals surface area contributed by atoms with E-state index in [2.05, 4.69) is 36.1 Å². The van der Waals surface area contributed by atoms with Crippen molar-refractivity contribution in [1.29, 1.82) is 0 Å². The van der Waals surface area contributed by atoms with Crippen molar-refractivity contribution in [2.45, 2.75) is 44.7 Å². The molecular formula is C15H24N2. The lowest BCUT2D eigenvalue weighted by molar-refractivity contribution is 0.239. The minimum atomic E-state index is 0.189. The van der Waals surface area contributed by atoms with Crippen LogP contribution in [0.5, 0.6) is 0 Å². The third-order valence-electron chi connectivity index (χ3n) is 3.93. The first-order valence-corrected chi connectivity index (χ1v) is 6.86. The summed E-state index contributed by atoms with van der Waals surface area (Å²) < 4.78 is 0. The molecule has 2 heteroatoms. The summed E-state index contributed by atoms with van der Waals surface area (Å²) in [6, 6.07) is 11.4. The van der Waals surface area contributed by atoms with Crippen LogP contribution < -0.4 is 5.73 Å². The summed E-state index contributed by atoms with van der Waals surface area (Å²) in [6.07, 6.45) is 5.08. The average molecular weight is 232 g/mol. The maximum Gasteiger partial charge on any atom is 0.0307 e. The maximum atomic E-state index is 6.23. The number of nitrogens with two attached hydrogens (primary N) is 1. The summed E-state index contributed by atoms with van der Waals surface area (Å²) in [7, 11) is 0. The predicted octanol–water partition coefficient (Wildman–Crippen LogP) is 2.95. The number of benzene rings is 1. The van der Waals surface area contributed by atoms with Gasteiger partial charge in [-0.05, 0) is 37.8 Å². The highest BCUT2D eigenvalue weighted by Crippen LogP contribution is 2.22. The Hall–Kier alpha value is -0.860. The molecule has 1 saturated heterocycles. The van der Waals surface area contributed by atoms with Gasteiger partial charge in [0.15, 0.2) is 0 Å². The summed E-state index contributed by atoms with van der Waals surface area (Å²) in [6.45, 7) is 4.70. The molecule has 0 aliphatic carbocycles. The van der Waals surface area contributed by atoms with Gasteiger partial charge >= 0.3 is 0 Å². The van der Waals surface area contributed by atoms with E-state index >= 15 is 0 Å². The highest BCUT2D eigenvalue weighted by molar-refractivity contribution is 5.18. The summed E-state index contributed by atoms with van der Waals surface area (Å²) >= 11 is 0. The van der Waals surface area contributed by atoms with Gasteiger partial charge in [-0.3, -0.25) is 0 Å². The lowest BCUT2D eigenvalue weighted by atomic mass is 10.0. The van der Waals surface area contributed by atoms with Gasteiger partial charge in [0, 0.05) is 18.6 Å². The molecule has 94 valence electrons. The molecule has 1 aliphatic heterocycles. The minimum absolute atomic E-state index is 0.189. The van der Waals surface area contributed by atoms with Gasteiger partial charge in [-0.15, -0.1) is 0 Å². The van der Waals surface area contributed by atoms with Crippen molar-refractivity contribution in [3.8, 4) is 0 Å². The van der Waals surface area contributed by atoms with Gasteiger partial charge in [-0.1, -0.05) is 37.3 Å². The summed E-state index contributed by atoms with van der Waals surface area (Å²) in [5.74, 6) is 0. The Kier molecular flexibility index (Phi) is 4.57. The highest BCUT2D eigenvalue weighted by atomic mass is 15.2. The molecule has 2 nitrogen and oxygen atoms in total. The van der Waals surface area contributed by atoms with E-state index in [4.69, 9.17) is 5.73 Å². The molecule has 2 N–H and O–H groups in total. The Morgan fingerprint density at radius 2 is 2.12 bits per heavy atom. The van der Waals surface area contributed by atoms with Crippen LogP contribution in [0.3, 0.4) is 0 Å². The van der Waals surface area contributed by atoms with Crippen LogP contribution in [0.2, 0.25) is 0 Å². The van der Waals surface area contributed by atoms with Crippen LogP contribution in [-0.4, -0.2) is 24.0 Å². The Morgan fingerprint density at radius 1 is 1.35 bits per heavy atom. The molecule has 1 aromatic rings. The quantitative estimate of drug-likeness (QED) is 0.845. The normalized spacial score (nSPS) is 22.8. The third kappa shape index (κ3) is 3.30. The number of rotatable bonds is 5. The molecule has 0 saturated carbocycles. The summed E-state index contributed by atoms with van der Waals surface area (Å²) in [5, 5.41) is 0. The van der Waals surface area contributed by atoms with E-state index in [1.807, 2.05) is 6.07 Å². The van der Waals surface area contributed by atoms with Crippen LogP contribution in [-0.2, 0) is 0 Å². The number of likely N-dealkylation sites (tertiary alicyclic amines) is 1. The lowest BCUT2D eigenvalue weighted by Crippen LogP contribution is -2.31. The van der Waals surface area contributed by atoms with Crippen LogP contribution in [0.4, 0.5) is 0 Å². The van der Waals surface area contributed by atoms with Crippen molar-refractivity contribution in [3.05, 3.63) is 35.9 Å². The van der Waals surface area contributed by atoms with Crippen molar-refractivity contribution in [2.24, 2.45) is 5.73 Å². The molecule has 17 heavy (non-hydrogen) atoms. The van der Waals surface area contributed by atoms with Crippen molar-refractivity contribution >= 4 is 0 Å². The maximum absolute atomic E-state index is 6.23. The Balaban J connectivity index is 1.82. The topological polar surface area (TPSA) is 29.3 Å². The molecule has 2 atom stereocenters. The number of nitrogens with zero attached hydrogens (tertiary/aromatic N) is 1. The molecule has 0 radical (unpaired) electrons. The standard InChI is InChI=1S/C15H24N2/c1-2-14-9-6-11-17(14)12-10-15(16)13-7-4-3-5-8-13/h3-5,7-8,14-15H,2,6,9-12,16H2,1H3. The van der Waals surface area contributed by atoms with E-state index in [-0.39, 0.29) is 6.04 Å². The molecule has 0 bridgehead atoms. The van der Waals surface area contributed by atoms with Gasteiger partial charge in [0.1, 0.15) is 0 Å². The fourth-order valence-electron chi connectivity index (χ4n) is 2.82. The predicted molar refractivity (Wildman–Crippen MR) is 72.9 cm³/mol. The Labute approximate surface area is 105 Å². The first kappa shape index (κ1) is 12.6. The van der Waals surface area contributed by atoms with Gasteiger partial charge in [0.2, 0.25) is 0 Å². The largest absolute Gasteiger partial charge is 0.324 e. The van der Waals surface area contributed by atoms with Gasteiger partial charge in [-0.2, -0.15) is 0 Å². The van der Waals surface area contributed by atoms with Crippen LogP contribution in [0.25, 0.3) is 0 Å². The molecule has 1 fully saturated rings. The minimum Gasteiger partial charge on any atom is -0.324 e. The smallest absolute Gasteiger partial charge is 0.0307 e. The van der Waals surface area contributed by atoms with E-state index in [0.29, 0.717) is 0 Å². The summed E-state index contributed by atoms with van der Waals surface area (Å²) in [5.41, 5.74) is 7.50. The fourth-order valence-corrected chi connectivity index (χ4v) is 2.82. The molecule has 0 amide bonds. The molecule has 0 aromatic heterocycles. The van der Waals surface area contributed by atoms with Gasteiger partial charge in [0.05, 0.1) is 0 Å². The molecular weight excluding hydrogens is 208 g/mol. The second-order valence-corrected chi connectivity index (χ2v) is 5.05. The zero-order chi connectivity index (χ0) is 12.1. The number of hydrogen-bond donors (Lipinski definition) is 1. The van der Waals surface area contributed by atoms with E-state index in [1.54, 1.807) is 0 Å². The molecule has 0 spiro atoms. The van der Waals surface area contributed by atoms with Gasteiger partial charge in [0.25, 0.3) is 0 Å². The van der Waals surface area contributed by atoms with E-state index in [0.717, 1.165) is 19.0 Å². The van der Waals surface area contributed by atoms with Crippen LogP contribution in [0, 0.1) is 0 Å². The second kappa shape index (κ2) is 6.18. The number of hydrogen-bond acceptors (Lipinski definition) is 2. The molecule has 2 unspecified atom stereocenters. The first-order chi connectivity index (χ1) is 8.31. The second-order valence-electron chi connectivity index (χ2n) is 5.05. The van der Waals surface area contributed by atoms with Gasteiger partial charge < -0.3 is 10.6 Å². The molecule has 1 heterocycles. The van der Waals surface area contributed by atoms with E-state index < -0.39 is 0 Å². The van der Waals surface area contributed by atoms with Crippen molar-refractivity contribution in [1.82, 2.24) is 4.90 Å².